The molecule has 1 aromatic heterocycles. The molecule has 0 aliphatic heterocycles. The van der Waals surface area contributed by atoms with Gasteiger partial charge in [0.15, 0.2) is 11.6 Å². The van der Waals surface area contributed by atoms with Crippen molar-refractivity contribution in [2.45, 2.75) is 25.3 Å². The van der Waals surface area contributed by atoms with E-state index in [-0.39, 0.29) is 17.4 Å². The Labute approximate surface area is 92.7 Å². The van der Waals surface area contributed by atoms with E-state index in [1.165, 1.54) is 12.3 Å². The van der Waals surface area contributed by atoms with Crippen LogP contribution in [0.4, 0.5) is 10.2 Å². The molecule has 1 aliphatic rings. The number of rotatable bonds is 3. The molecule has 1 aromatic rings. The molecule has 0 aromatic carbocycles. The number of aromatic nitrogens is 1. The fraction of sp³-hybridized carbons (Fsp3) is 0.455. The molecule has 5 heteroatoms. The molecule has 0 atom stereocenters. The Bertz CT molecular complexity index is 418. The number of halogens is 1. The Morgan fingerprint density at radius 2 is 2.31 bits per heavy atom. The number of aromatic carboxylic acids is 1. The summed E-state index contributed by atoms with van der Waals surface area (Å²) < 4.78 is 13.8. The van der Waals surface area contributed by atoms with Gasteiger partial charge in [-0.3, -0.25) is 0 Å². The average molecular weight is 224 g/mol. The van der Waals surface area contributed by atoms with Gasteiger partial charge in [0, 0.05) is 19.3 Å². The highest BCUT2D eigenvalue weighted by Gasteiger charge is 2.26. The van der Waals surface area contributed by atoms with Crippen LogP contribution in [0.5, 0.6) is 0 Å². The minimum Gasteiger partial charge on any atom is -0.478 e. The smallest absolute Gasteiger partial charge is 0.338 e. The second kappa shape index (κ2) is 4.08. The molecule has 2 rings (SSSR count). The molecule has 1 heterocycles. The molecule has 1 N–H and O–H groups in total. The van der Waals surface area contributed by atoms with Gasteiger partial charge in [0.1, 0.15) is 5.56 Å². The maximum atomic E-state index is 13.8. The second-order valence-corrected chi connectivity index (χ2v) is 4.00. The Morgan fingerprint density at radius 3 is 2.81 bits per heavy atom. The molecule has 0 unspecified atom stereocenters. The van der Waals surface area contributed by atoms with Gasteiger partial charge in [0.25, 0.3) is 0 Å². The fourth-order valence-electron chi connectivity index (χ4n) is 1.79. The van der Waals surface area contributed by atoms with Gasteiger partial charge in [-0.05, 0) is 25.3 Å². The molecular formula is C11H13FN2O2. The van der Waals surface area contributed by atoms with Gasteiger partial charge >= 0.3 is 5.97 Å². The van der Waals surface area contributed by atoms with E-state index < -0.39 is 11.8 Å². The number of carboxylic acids is 1. The Kier molecular flexibility index (Phi) is 2.77. The number of anilines is 1. The zero-order valence-electron chi connectivity index (χ0n) is 8.98. The highest BCUT2D eigenvalue weighted by molar-refractivity contribution is 5.88. The van der Waals surface area contributed by atoms with Gasteiger partial charge in [-0.1, -0.05) is 0 Å². The van der Waals surface area contributed by atoms with E-state index in [2.05, 4.69) is 4.98 Å². The van der Waals surface area contributed by atoms with Crippen molar-refractivity contribution in [2.75, 3.05) is 11.9 Å². The van der Waals surface area contributed by atoms with Crippen LogP contribution in [0.25, 0.3) is 0 Å². The normalized spacial score (nSPS) is 15.6. The van der Waals surface area contributed by atoms with Crippen LogP contribution in [0, 0.1) is 5.82 Å². The first-order chi connectivity index (χ1) is 7.61. The van der Waals surface area contributed by atoms with Crippen LogP contribution in [-0.2, 0) is 0 Å². The van der Waals surface area contributed by atoms with Gasteiger partial charge in [0.2, 0.25) is 0 Å². The van der Waals surface area contributed by atoms with E-state index in [0.29, 0.717) is 0 Å². The van der Waals surface area contributed by atoms with Crippen molar-refractivity contribution in [3.63, 3.8) is 0 Å². The van der Waals surface area contributed by atoms with Crippen LogP contribution in [-0.4, -0.2) is 29.1 Å². The Hall–Kier alpha value is -1.65. The molecule has 16 heavy (non-hydrogen) atoms. The maximum Gasteiger partial charge on any atom is 0.338 e. The monoisotopic (exact) mass is 224 g/mol. The summed E-state index contributed by atoms with van der Waals surface area (Å²) >= 11 is 0. The predicted octanol–water partition coefficient (Wildman–Crippen LogP) is 1.91. The molecule has 1 aliphatic carbocycles. The molecule has 0 amide bonds. The van der Waals surface area contributed by atoms with Crippen molar-refractivity contribution in [2.24, 2.45) is 0 Å². The molecule has 1 saturated carbocycles. The van der Waals surface area contributed by atoms with Crippen LogP contribution in [0.15, 0.2) is 12.3 Å². The van der Waals surface area contributed by atoms with E-state index in [0.717, 1.165) is 19.3 Å². The van der Waals surface area contributed by atoms with Crippen LogP contribution in [0.1, 0.15) is 29.6 Å². The van der Waals surface area contributed by atoms with Crippen molar-refractivity contribution >= 4 is 11.8 Å². The topological polar surface area (TPSA) is 53.4 Å². The SMILES string of the molecule is CN(c1nccc(C(=O)O)c1F)C1CCC1. The van der Waals surface area contributed by atoms with Crippen LogP contribution in [0.3, 0.4) is 0 Å². The van der Waals surface area contributed by atoms with E-state index in [4.69, 9.17) is 5.11 Å². The first kappa shape index (κ1) is 10.9. The van der Waals surface area contributed by atoms with Crippen molar-refractivity contribution in [3.05, 3.63) is 23.6 Å². The zero-order valence-corrected chi connectivity index (χ0v) is 8.98. The van der Waals surface area contributed by atoms with E-state index in [1.807, 2.05) is 0 Å². The number of carbonyl (C=O) groups is 1. The third kappa shape index (κ3) is 1.73. The highest BCUT2D eigenvalue weighted by Crippen LogP contribution is 2.29. The first-order valence-electron chi connectivity index (χ1n) is 5.22. The van der Waals surface area contributed by atoms with E-state index in [1.54, 1.807) is 11.9 Å². The minimum atomic E-state index is -1.26. The molecule has 0 saturated heterocycles. The van der Waals surface area contributed by atoms with Gasteiger partial charge in [-0.25, -0.2) is 14.2 Å². The van der Waals surface area contributed by atoms with Crippen molar-refractivity contribution in [1.82, 2.24) is 4.98 Å². The summed E-state index contributed by atoms with van der Waals surface area (Å²) in [6, 6.07) is 1.46. The van der Waals surface area contributed by atoms with Crippen LogP contribution >= 0.6 is 0 Å². The Balaban J connectivity index is 2.33. The lowest BCUT2D eigenvalue weighted by atomic mass is 9.92. The summed E-state index contributed by atoms with van der Waals surface area (Å²) in [4.78, 5) is 16.4. The van der Waals surface area contributed by atoms with Crippen LogP contribution in [0.2, 0.25) is 0 Å². The standard InChI is InChI=1S/C11H13FN2O2/c1-14(7-3-2-4-7)10-9(12)8(11(15)16)5-6-13-10/h5-7H,2-4H2,1H3,(H,15,16). The Morgan fingerprint density at radius 1 is 1.62 bits per heavy atom. The zero-order chi connectivity index (χ0) is 11.7. The third-order valence-electron chi connectivity index (χ3n) is 3.06. The number of carboxylic acid groups (broad SMARTS) is 1. The molecular weight excluding hydrogens is 211 g/mol. The molecule has 1 fully saturated rings. The molecule has 0 radical (unpaired) electrons. The summed E-state index contributed by atoms with van der Waals surface area (Å²) in [6.45, 7) is 0. The minimum absolute atomic E-state index is 0.129. The molecule has 4 nitrogen and oxygen atoms in total. The number of pyridine rings is 1. The van der Waals surface area contributed by atoms with E-state index >= 15 is 0 Å². The summed E-state index contributed by atoms with van der Waals surface area (Å²) in [7, 11) is 1.75. The predicted molar refractivity (Wildman–Crippen MR) is 57.2 cm³/mol. The molecule has 86 valence electrons. The van der Waals surface area contributed by atoms with Gasteiger partial charge < -0.3 is 10.0 Å². The fourth-order valence-corrected chi connectivity index (χ4v) is 1.79. The first-order valence-corrected chi connectivity index (χ1v) is 5.22. The number of hydrogen-bond acceptors (Lipinski definition) is 3. The highest BCUT2D eigenvalue weighted by atomic mass is 19.1. The van der Waals surface area contributed by atoms with E-state index in [9.17, 15) is 9.18 Å². The van der Waals surface area contributed by atoms with Gasteiger partial charge in [0.05, 0.1) is 0 Å². The molecule has 0 spiro atoms. The lowest BCUT2D eigenvalue weighted by Crippen LogP contribution is -2.38. The van der Waals surface area contributed by atoms with Crippen molar-refractivity contribution in [3.8, 4) is 0 Å². The molecule has 0 bridgehead atoms. The number of nitrogens with zero attached hydrogens (tertiary/aromatic N) is 2. The summed E-state index contributed by atoms with van der Waals surface area (Å²) in [5.74, 6) is -1.88. The average Bonchev–Trinajstić information content (AvgIpc) is 2.14. The largest absolute Gasteiger partial charge is 0.478 e. The second-order valence-electron chi connectivity index (χ2n) is 4.00. The lowest BCUT2D eigenvalue weighted by Gasteiger charge is -2.35. The maximum absolute atomic E-state index is 13.8. The summed E-state index contributed by atoms with van der Waals surface area (Å²) in [6.07, 6.45) is 4.48. The van der Waals surface area contributed by atoms with Crippen molar-refractivity contribution in [1.29, 1.82) is 0 Å². The lowest BCUT2D eigenvalue weighted by molar-refractivity contribution is 0.0691. The van der Waals surface area contributed by atoms with Crippen LogP contribution < -0.4 is 4.90 Å². The van der Waals surface area contributed by atoms with Gasteiger partial charge in [-0.15, -0.1) is 0 Å². The summed E-state index contributed by atoms with van der Waals surface area (Å²) in [5, 5.41) is 8.80. The quantitative estimate of drug-likeness (QED) is 0.852. The van der Waals surface area contributed by atoms with Gasteiger partial charge in [-0.2, -0.15) is 0 Å². The number of hydrogen-bond donors (Lipinski definition) is 1. The third-order valence-corrected chi connectivity index (χ3v) is 3.06. The van der Waals surface area contributed by atoms with Crippen molar-refractivity contribution < 1.29 is 14.3 Å². The summed E-state index contributed by atoms with van der Waals surface area (Å²) in [5.41, 5.74) is -0.323.